The lowest BCUT2D eigenvalue weighted by Crippen LogP contribution is -2.07. The van der Waals surface area contributed by atoms with E-state index in [1.165, 1.54) is 23.6 Å². The van der Waals surface area contributed by atoms with E-state index in [9.17, 15) is 4.79 Å². The second-order valence-electron chi connectivity index (χ2n) is 5.77. The van der Waals surface area contributed by atoms with Crippen molar-refractivity contribution in [3.05, 3.63) is 59.2 Å². The van der Waals surface area contributed by atoms with Gasteiger partial charge in [0, 0.05) is 12.6 Å². The van der Waals surface area contributed by atoms with E-state index in [2.05, 4.69) is 29.6 Å². The summed E-state index contributed by atoms with van der Waals surface area (Å²) in [5.41, 5.74) is 4.83. The van der Waals surface area contributed by atoms with Gasteiger partial charge in [0.1, 0.15) is 5.75 Å². The summed E-state index contributed by atoms with van der Waals surface area (Å²) in [6, 6.07) is 15.2. The first-order valence-electron chi connectivity index (χ1n) is 7.60. The van der Waals surface area contributed by atoms with Crippen LogP contribution in [0.3, 0.4) is 0 Å². The Morgan fingerprint density at radius 2 is 2.27 bits per heavy atom. The van der Waals surface area contributed by atoms with Crippen LogP contribution in [0.25, 0.3) is 0 Å². The van der Waals surface area contributed by atoms with Crippen LogP contribution >= 0.6 is 0 Å². The third-order valence-corrected chi connectivity index (χ3v) is 4.27. The van der Waals surface area contributed by atoms with Crippen molar-refractivity contribution in [3.8, 4) is 5.75 Å². The maximum absolute atomic E-state index is 11.2. The molecular weight excluding hydrogens is 274 g/mol. The molecule has 3 rings (SSSR count). The van der Waals surface area contributed by atoms with Crippen molar-refractivity contribution in [3.63, 3.8) is 0 Å². The van der Waals surface area contributed by atoms with E-state index in [0.717, 1.165) is 30.7 Å². The molecule has 0 saturated heterocycles. The topological polar surface area (TPSA) is 38.3 Å². The van der Waals surface area contributed by atoms with Crippen LogP contribution in [0.15, 0.2) is 36.4 Å². The fourth-order valence-corrected chi connectivity index (χ4v) is 3.25. The van der Waals surface area contributed by atoms with Gasteiger partial charge in [-0.1, -0.05) is 18.2 Å². The molecule has 1 aliphatic rings. The number of hydrogen-bond acceptors (Lipinski definition) is 2. The number of aryl methyl sites for hydroxylation is 1. The summed E-state index contributed by atoms with van der Waals surface area (Å²) in [6.45, 7) is 1.54. The minimum Gasteiger partial charge on any atom is -0.496 e. The van der Waals surface area contributed by atoms with E-state index in [1.54, 1.807) is 7.11 Å². The molecule has 0 fully saturated rings. The summed E-state index contributed by atoms with van der Waals surface area (Å²) in [5.74, 6) is 1.34. The Hall–Kier alpha value is -2.29. The number of carbonyl (C=O) groups excluding carboxylic acids is 1. The number of hydrogen-bond donors (Lipinski definition) is 1. The average Bonchev–Trinajstić information content (AvgIpc) is 2.90. The van der Waals surface area contributed by atoms with Crippen LogP contribution < -0.4 is 10.1 Å². The van der Waals surface area contributed by atoms with Gasteiger partial charge in [0.2, 0.25) is 5.91 Å². The molecule has 22 heavy (non-hydrogen) atoms. The molecule has 1 amide bonds. The van der Waals surface area contributed by atoms with Gasteiger partial charge in [-0.2, -0.15) is 0 Å². The van der Waals surface area contributed by atoms with E-state index >= 15 is 0 Å². The number of carbonyl (C=O) groups is 1. The number of nitrogens with one attached hydrogen (secondary N) is 1. The zero-order chi connectivity index (χ0) is 15.5. The Morgan fingerprint density at radius 1 is 1.41 bits per heavy atom. The third kappa shape index (κ3) is 2.98. The normalized spacial score (nSPS) is 16.2. The fraction of sp³-hybridized carbons (Fsp3) is 0.316. The molecule has 1 atom stereocenters. The van der Waals surface area contributed by atoms with Crippen molar-refractivity contribution < 1.29 is 9.53 Å². The Bertz CT molecular complexity index is 694. The molecule has 0 aromatic heterocycles. The van der Waals surface area contributed by atoms with Crippen LogP contribution in [-0.4, -0.2) is 13.0 Å². The van der Waals surface area contributed by atoms with Crippen LogP contribution in [-0.2, 0) is 17.6 Å². The predicted octanol–water partition coefficient (Wildman–Crippen LogP) is 3.73. The highest BCUT2D eigenvalue weighted by Crippen LogP contribution is 2.38. The first-order valence-corrected chi connectivity index (χ1v) is 7.60. The monoisotopic (exact) mass is 294 g/mol. The standard InChI is InChI=1S/C19H20NO2/c1-13(21)20-17-10-9-14-7-8-15(18(14)12-17)11-16-5-3-4-6-19(16)22-2/h3,5-6,9-10,12,15H,7-8,11H2,1-2H3,(H,20,21). The molecule has 2 aromatic rings. The maximum atomic E-state index is 11.2. The molecule has 1 radical (unpaired) electrons. The van der Waals surface area contributed by atoms with Gasteiger partial charge in [-0.05, 0) is 66.1 Å². The Kier molecular flexibility index (Phi) is 4.14. The summed E-state index contributed by atoms with van der Waals surface area (Å²) < 4.78 is 5.43. The number of anilines is 1. The lowest BCUT2D eigenvalue weighted by Gasteiger charge is -2.15. The van der Waals surface area contributed by atoms with Gasteiger partial charge < -0.3 is 10.1 Å². The zero-order valence-electron chi connectivity index (χ0n) is 13.0. The predicted molar refractivity (Wildman–Crippen MR) is 87.3 cm³/mol. The Balaban J connectivity index is 1.85. The maximum Gasteiger partial charge on any atom is 0.221 e. The number of benzene rings is 2. The minimum absolute atomic E-state index is 0.0326. The van der Waals surface area contributed by atoms with Crippen molar-refractivity contribution in [2.45, 2.75) is 32.1 Å². The number of amides is 1. The highest BCUT2D eigenvalue weighted by Gasteiger charge is 2.24. The summed E-state index contributed by atoms with van der Waals surface area (Å²) >= 11 is 0. The van der Waals surface area contributed by atoms with Crippen LogP contribution in [0.2, 0.25) is 0 Å². The Morgan fingerprint density at radius 3 is 3.05 bits per heavy atom. The van der Waals surface area contributed by atoms with Crippen LogP contribution in [0, 0.1) is 6.07 Å². The summed E-state index contributed by atoms with van der Waals surface area (Å²) in [7, 11) is 1.70. The summed E-state index contributed by atoms with van der Waals surface area (Å²) in [5, 5.41) is 2.87. The fourth-order valence-electron chi connectivity index (χ4n) is 3.25. The van der Waals surface area contributed by atoms with E-state index in [-0.39, 0.29) is 5.91 Å². The van der Waals surface area contributed by atoms with E-state index in [1.807, 2.05) is 18.2 Å². The van der Waals surface area contributed by atoms with Crippen molar-refractivity contribution >= 4 is 11.6 Å². The van der Waals surface area contributed by atoms with Gasteiger partial charge in [-0.25, -0.2) is 0 Å². The van der Waals surface area contributed by atoms with Gasteiger partial charge in [-0.3, -0.25) is 4.79 Å². The molecule has 1 N–H and O–H groups in total. The Labute approximate surface area is 131 Å². The van der Waals surface area contributed by atoms with Crippen molar-refractivity contribution in [2.24, 2.45) is 0 Å². The van der Waals surface area contributed by atoms with Gasteiger partial charge in [0.25, 0.3) is 0 Å². The van der Waals surface area contributed by atoms with Gasteiger partial charge in [0.15, 0.2) is 0 Å². The van der Waals surface area contributed by atoms with Gasteiger partial charge in [-0.15, -0.1) is 0 Å². The molecule has 3 heteroatoms. The molecule has 0 spiro atoms. The van der Waals surface area contributed by atoms with Gasteiger partial charge >= 0.3 is 0 Å². The molecule has 1 aliphatic carbocycles. The minimum atomic E-state index is -0.0326. The van der Waals surface area contributed by atoms with Crippen molar-refractivity contribution in [1.82, 2.24) is 0 Å². The largest absolute Gasteiger partial charge is 0.496 e. The summed E-state index contributed by atoms with van der Waals surface area (Å²) in [4.78, 5) is 11.2. The highest BCUT2D eigenvalue weighted by molar-refractivity contribution is 5.88. The van der Waals surface area contributed by atoms with Crippen molar-refractivity contribution in [2.75, 3.05) is 12.4 Å². The molecule has 3 nitrogen and oxygen atoms in total. The molecule has 0 saturated carbocycles. The number of rotatable bonds is 4. The van der Waals surface area contributed by atoms with E-state index in [0.29, 0.717) is 5.92 Å². The van der Waals surface area contributed by atoms with Crippen LogP contribution in [0.1, 0.15) is 36.0 Å². The molecule has 0 bridgehead atoms. The van der Waals surface area contributed by atoms with Gasteiger partial charge in [0.05, 0.1) is 7.11 Å². The van der Waals surface area contributed by atoms with E-state index < -0.39 is 0 Å². The first kappa shape index (κ1) is 14.6. The highest BCUT2D eigenvalue weighted by atomic mass is 16.5. The molecule has 2 aromatic carbocycles. The molecule has 0 heterocycles. The lowest BCUT2D eigenvalue weighted by atomic mass is 9.93. The lowest BCUT2D eigenvalue weighted by molar-refractivity contribution is -0.114. The van der Waals surface area contributed by atoms with Crippen molar-refractivity contribution in [1.29, 1.82) is 0 Å². The second-order valence-corrected chi connectivity index (χ2v) is 5.77. The smallest absolute Gasteiger partial charge is 0.221 e. The first-order chi connectivity index (χ1) is 10.7. The SMILES string of the molecule is COc1c[c]ccc1CC1CCc2ccc(NC(C)=O)cc21. The summed E-state index contributed by atoms with van der Waals surface area (Å²) in [6.07, 6.45) is 3.19. The molecule has 1 unspecified atom stereocenters. The molecule has 113 valence electrons. The van der Waals surface area contributed by atoms with Crippen LogP contribution in [0.5, 0.6) is 5.75 Å². The second kappa shape index (κ2) is 6.22. The number of methoxy groups -OCH3 is 1. The number of fused-ring (bicyclic) bond motifs is 1. The van der Waals surface area contributed by atoms with E-state index in [4.69, 9.17) is 4.74 Å². The zero-order valence-corrected chi connectivity index (χ0v) is 13.0. The number of ether oxygens (including phenoxy) is 1. The molecule has 0 aliphatic heterocycles. The van der Waals surface area contributed by atoms with Crippen LogP contribution in [0.4, 0.5) is 5.69 Å². The third-order valence-electron chi connectivity index (χ3n) is 4.27. The molecular formula is C19H20NO2. The quantitative estimate of drug-likeness (QED) is 0.933. The average molecular weight is 294 g/mol.